The molecule has 0 bridgehead atoms. The number of aromatic nitrogens is 2. The van der Waals surface area contributed by atoms with Crippen LogP contribution in [0.1, 0.15) is 19.8 Å². The Morgan fingerprint density at radius 2 is 2.26 bits per heavy atom. The van der Waals surface area contributed by atoms with Crippen LogP contribution in [-0.4, -0.2) is 35.9 Å². The van der Waals surface area contributed by atoms with Gasteiger partial charge < -0.3 is 9.64 Å². The van der Waals surface area contributed by atoms with Gasteiger partial charge in [0, 0.05) is 13.1 Å². The largest absolute Gasteiger partial charge is 0.466 e. The van der Waals surface area contributed by atoms with E-state index in [1.54, 1.807) is 6.92 Å². The van der Waals surface area contributed by atoms with Gasteiger partial charge in [0.1, 0.15) is 5.02 Å². The number of hydrogen-bond donors (Lipinski definition) is 1. The molecule has 1 aromatic heterocycles. The van der Waals surface area contributed by atoms with Gasteiger partial charge in [0.15, 0.2) is 0 Å². The van der Waals surface area contributed by atoms with Crippen LogP contribution < -0.4 is 10.5 Å². The molecule has 0 radical (unpaired) electrons. The molecule has 1 aromatic rings. The van der Waals surface area contributed by atoms with Crippen LogP contribution in [-0.2, 0) is 9.53 Å². The van der Waals surface area contributed by atoms with Gasteiger partial charge in [0.2, 0.25) is 0 Å². The molecule has 0 aliphatic carbocycles. The zero-order chi connectivity index (χ0) is 13.8. The summed E-state index contributed by atoms with van der Waals surface area (Å²) in [4.78, 5) is 25.0. The molecule has 1 saturated heterocycles. The highest BCUT2D eigenvalue weighted by Gasteiger charge is 2.27. The van der Waals surface area contributed by atoms with Crippen molar-refractivity contribution in [3.8, 4) is 0 Å². The Labute approximate surface area is 115 Å². The maximum Gasteiger partial charge on any atom is 0.309 e. The number of hydrogen-bond acceptors (Lipinski definition) is 5. The summed E-state index contributed by atoms with van der Waals surface area (Å²) in [6, 6.07) is 0. The normalized spacial score (nSPS) is 16.4. The molecule has 0 aromatic carbocycles. The third kappa shape index (κ3) is 3.07. The van der Waals surface area contributed by atoms with Gasteiger partial charge in [0.25, 0.3) is 5.56 Å². The maximum atomic E-state index is 11.6. The third-order valence-electron chi connectivity index (χ3n) is 3.23. The Kier molecular flexibility index (Phi) is 4.42. The van der Waals surface area contributed by atoms with Gasteiger partial charge in [-0.05, 0) is 19.8 Å². The zero-order valence-electron chi connectivity index (χ0n) is 10.7. The first-order chi connectivity index (χ1) is 9.13. The highest BCUT2D eigenvalue weighted by Crippen LogP contribution is 2.26. The number of nitrogens with one attached hydrogen (secondary N) is 1. The molecular weight excluding hydrogens is 270 g/mol. The van der Waals surface area contributed by atoms with Crippen molar-refractivity contribution < 1.29 is 9.53 Å². The summed E-state index contributed by atoms with van der Waals surface area (Å²) < 4.78 is 5.01. The second kappa shape index (κ2) is 6.06. The van der Waals surface area contributed by atoms with E-state index in [0.29, 0.717) is 38.2 Å². The van der Waals surface area contributed by atoms with E-state index >= 15 is 0 Å². The lowest BCUT2D eigenvalue weighted by molar-refractivity contribution is -0.148. The smallest absolute Gasteiger partial charge is 0.309 e. The van der Waals surface area contributed by atoms with Crippen molar-refractivity contribution in [2.75, 3.05) is 24.6 Å². The number of esters is 1. The predicted octanol–water partition coefficient (Wildman–Crippen LogP) is 1.20. The summed E-state index contributed by atoms with van der Waals surface area (Å²) in [5, 5.41) is 6.18. The fourth-order valence-corrected chi connectivity index (χ4v) is 2.42. The van der Waals surface area contributed by atoms with Crippen LogP contribution in [0.3, 0.4) is 0 Å². The average Bonchev–Trinajstić information content (AvgIpc) is 2.42. The topological polar surface area (TPSA) is 75.3 Å². The van der Waals surface area contributed by atoms with Crippen molar-refractivity contribution in [1.29, 1.82) is 0 Å². The number of carbonyl (C=O) groups is 1. The quantitative estimate of drug-likeness (QED) is 0.845. The van der Waals surface area contributed by atoms with Crippen molar-refractivity contribution in [1.82, 2.24) is 10.2 Å². The third-order valence-corrected chi connectivity index (χ3v) is 3.60. The van der Waals surface area contributed by atoms with Gasteiger partial charge in [-0.25, -0.2) is 5.10 Å². The zero-order valence-corrected chi connectivity index (χ0v) is 11.4. The molecule has 2 heterocycles. The summed E-state index contributed by atoms with van der Waals surface area (Å²) in [5.74, 6) is -0.206. The number of halogens is 1. The second-order valence-corrected chi connectivity index (χ2v) is 4.79. The van der Waals surface area contributed by atoms with Crippen LogP contribution in [0.15, 0.2) is 11.0 Å². The highest BCUT2D eigenvalue weighted by atomic mass is 35.5. The average molecular weight is 286 g/mol. The minimum absolute atomic E-state index is 0.0649. The molecule has 2 rings (SSSR count). The van der Waals surface area contributed by atoms with Gasteiger partial charge >= 0.3 is 5.97 Å². The standard InChI is InChI=1S/C12H16ClN3O3/c1-2-19-12(18)8-3-5-16(6-4-8)9-7-14-15-11(17)10(9)13/h7-8H,2-6H2,1H3,(H,15,17). The summed E-state index contributed by atoms with van der Waals surface area (Å²) in [6.45, 7) is 3.53. The number of ether oxygens (including phenoxy) is 1. The van der Waals surface area contributed by atoms with Crippen molar-refractivity contribution in [2.24, 2.45) is 5.92 Å². The number of aromatic amines is 1. The second-order valence-electron chi connectivity index (χ2n) is 4.41. The van der Waals surface area contributed by atoms with Crippen LogP contribution in [0, 0.1) is 5.92 Å². The van der Waals surface area contributed by atoms with E-state index in [0.717, 1.165) is 0 Å². The van der Waals surface area contributed by atoms with Gasteiger partial charge in [0.05, 0.1) is 24.4 Å². The van der Waals surface area contributed by atoms with Gasteiger partial charge in [-0.2, -0.15) is 5.10 Å². The Morgan fingerprint density at radius 3 is 2.89 bits per heavy atom. The van der Waals surface area contributed by atoms with E-state index in [1.165, 1.54) is 6.20 Å². The van der Waals surface area contributed by atoms with Crippen molar-refractivity contribution in [3.63, 3.8) is 0 Å². The molecule has 1 aliphatic rings. The lowest BCUT2D eigenvalue weighted by Gasteiger charge is -2.32. The van der Waals surface area contributed by atoms with Crippen molar-refractivity contribution in [2.45, 2.75) is 19.8 Å². The number of anilines is 1. The van der Waals surface area contributed by atoms with Crippen molar-refractivity contribution >= 4 is 23.3 Å². The lowest BCUT2D eigenvalue weighted by atomic mass is 9.97. The molecule has 104 valence electrons. The fraction of sp³-hybridized carbons (Fsp3) is 0.583. The van der Waals surface area contributed by atoms with E-state index in [4.69, 9.17) is 16.3 Å². The molecule has 1 aliphatic heterocycles. The lowest BCUT2D eigenvalue weighted by Crippen LogP contribution is -2.37. The first-order valence-electron chi connectivity index (χ1n) is 6.28. The highest BCUT2D eigenvalue weighted by molar-refractivity contribution is 6.32. The number of nitrogens with zero attached hydrogens (tertiary/aromatic N) is 2. The van der Waals surface area contributed by atoms with Crippen LogP contribution >= 0.6 is 11.6 Å². The Balaban J connectivity index is 2.02. The first kappa shape index (κ1) is 13.9. The van der Waals surface area contributed by atoms with E-state index in [1.807, 2.05) is 4.90 Å². The SMILES string of the molecule is CCOC(=O)C1CCN(c2cn[nH]c(=O)c2Cl)CC1. The number of piperidine rings is 1. The summed E-state index contributed by atoms with van der Waals surface area (Å²) in [5.41, 5.74) is 0.222. The van der Waals surface area contributed by atoms with E-state index < -0.39 is 5.56 Å². The number of H-pyrrole nitrogens is 1. The summed E-state index contributed by atoms with van der Waals surface area (Å²) in [7, 11) is 0. The molecule has 19 heavy (non-hydrogen) atoms. The van der Waals surface area contributed by atoms with Crippen LogP contribution in [0.5, 0.6) is 0 Å². The molecule has 6 nitrogen and oxygen atoms in total. The predicted molar refractivity (Wildman–Crippen MR) is 71.4 cm³/mol. The van der Waals surface area contributed by atoms with Gasteiger partial charge in [-0.15, -0.1) is 0 Å². The Bertz CT molecular complexity index is 509. The minimum Gasteiger partial charge on any atom is -0.466 e. The van der Waals surface area contributed by atoms with E-state index in [2.05, 4.69) is 10.2 Å². The number of rotatable bonds is 3. The molecule has 1 fully saturated rings. The molecule has 7 heteroatoms. The first-order valence-corrected chi connectivity index (χ1v) is 6.66. The van der Waals surface area contributed by atoms with Crippen LogP contribution in [0.4, 0.5) is 5.69 Å². The maximum absolute atomic E-state index is 11.6. The molecule has 0 saturated carbocycles. The number of carbonyl (C=O) groups excluding carboxylic acids is 1. The fourth-order valence-electron chi connectivity index (χ4n) is 2.21. The van der Waals surface area contributed by atoms with Gasteiger partial charge in [-0.3, -0.25) is 9.59 Å². The molecule has 0 unspecified atom stereocenters. The van der Waals surface area contributed by atoms with E-state index in [9.17, 15) is 9.59 Å². The van der Waals surface area contributed by atoms with Gasteiger partial charge in [-0.1, -0.05) is 11.6 Å². The molecular formula is C12H16ClN3O3. The minimum atomic E-state index is -0.397. The molecule has 0 spiro atoms. The van der Waals surface area contributed by atoms with Crippen LogP contribution in [0.25, 0.3) is 0 Å². The molecule has 0 atom stereocenters. The van der Waals surface area contributed by atoms with Crippen LogP contribution in [0.2, 0.25) is 5.02 Å². The molecule has 0 amide bonds. The summed E-state index contributed by atoms with van der Waals surface area (Å²) >= 11 is 5.96. The monoisotopic (exact) mass is 285 g/mol. The summed E-state index contributed by atoms with van der Waals surface area (Å²) in [6.07, 6.45) is 2.93. The molecule has 1 N–H and O–H groups in total. The Hall–Kier alpha value is -1.56. The van der Waals surface area contributed by atoms with Crippen molar-refractivity contribution in [3.05, 3.63) is 21.6 Å². The Morgan fingerprint density at radius 1 is 1.58 bits per heavy atom. The van der Waals surface area contributed by atoms with E-state index in [-0.39, 0.29) is 16.9 Å².